The van der Waals surface area contributed by atoms with Gasteiger partial charge in [0.05, 0.1) is 30.2 Å². The predicted molar refractivity (Wildman–Crippen MR) is 185 cm³/mol. The summed E-state index contributed by atoms with van der Waals surface area (Å²) in [6, 6.07) is 22.6. The number of thioether (sulfide) groups is 1. The molecule has 0 saturated carbocycles. The fourth-order valence-electron chi connectivity index (χ4n) is 5.38. The first-order chi connectivity index (χ1) is 22.9. The van der Waals surface area contributed by atoms with Crippen molar-refractivity contribution >= 4 is 40.6 Å². The quantitative estimate of drug-likeness (QED) is 0.0625. The number of nitrogens with two attached hydrogens (primary N) is 1. The van der Waals surface area contributed by atoms with Crippen LogP contribution in [0.25, 0.3) is 0 Å². The number of carbonyl (C=O) groups is 2. The molecule has 0 spiro atoms. The molecule has 11 heteroatoms. The number of aryl methyl sites for hydroxylation is 1. The molecule has 248 valence electrons. The number of unbranched alkanes of at least 4 members (excludes halogenated alkanes) is 3. The number of aliphatic hydroxyl groups is 1. The van der Waals surface area contributed by atoms with E-state index in [1.807, 2.05) is 78.5 Å². The molecule has 0 aliphatic carbocycles. The second kappa shape index (κ2) is 17.1. The van der Waals surface area contributed by atoms with E-state index in [0.29, 0.717) is 36.3 Å². The summed E-state index contributed by atoms with van der Waals surface area (Å²) in [5.74, 6) is 0.622. The van der Waals surface area contributed by atoms with Gasteiger partial charge in [-0.25, -0.2) is 4.98 Å². The lowest BCUT2D eigenvalue weighted by atomic mass is 10.0. The topological polar surface area (TPSA) is 141 Å². The van der Waals surface area contributed by atoms with Crippen LogP contribution in [0.3, 0.4) is 0 Å². The van der Waals surface area contributed by atoms with Crippen LogP contribution in [0.4, 0.5) is 17.1 Å². The van der Waals surface area contributed by atoms with Crippen LogP contribution >= 0.6 is 11.8 Å². The molecule has 47 heavy (non-hydrogen) atoms. The maximum absolute atomic E-state index is 12.6. The van der Waals surface area contributed by atoms with Crippen LogP contribution in [0.5, 0.6) is 0 Å². The lowest BCUT2D eigenvalue weighted by Crippen LogP contribution is -2.31. The first-order valence-electron chi connectivity index (χ1n) is 16.0. The van der Waals surface area contributed by atoms with Crippen LogP contribution in [-0.4, -0.2) is 38.3 Å². The number of hydrogen-bond donors (Lipinski definition) is 4. The number of carbonyl (C=O) groups excluding carboxylic acids is 2. The van der Waals surface area contributed by atoms with Gasteiger partial charge in [0.1, 0.15) is 0 Å². The number of anilines is 3. The van der Waals surface area contributed by atoms with Crippen molar-refractivity contribution in [2.45, 2.75) is 75.2 Å². The van der Waals surface area contributed by atoms with E-state index in [1.54, 1.807) is 30.1 Å². The number of nitrogens with one attached hydrogen (secondary N) is 2. The Morgan fingerprint density at radius 3 is 2.26 bits per heavy atom. The van der Waals surface area contributed by atoms with Gasteiger partial charge in [0.25, 0.3) is 0 Å². The number of ether oxygens (including phenoxy) is 2. The normalized spacial score (nSPS) is 17.7. The molecular formula is C36H43N5O5S. The minimum absolute atomic E-state index is 0.00440. The maximum atomic E-state index is 12.6. The Labute approximate surface area is 280 Å². The van der Waals surface area contributed by atoms with E-state index in [0.717, 1.165) is 53.3 Å². The Morgan fingerprint density at radius 2 is 1.60 bits per heavy atom. The van der Waals surface area contributed by atoms with Crippen LogP contribution in [0.15, 0.2) is 90.3 Å². The van der Waals surface area contributed by atoms with Gasteiger partial charge in [0.2, 0.25) is 11.8 Å². The Kier molecular flexibility index (Phi) is 12.5. The summed E-state index contributed by atoms with van der Waals surface area (Å²) in [4.78, 5) is 29.2. The second-order valence-electron chi connectivity index (χ2n) is 11.7. The summed E-state index contributed by atoms with van der Waals surface area (Å²) in [6.07, 6.45) is 7.65. The van der Waals surface area contributed by atoms with Crippen LogP contribution in [0.1, 0.15) is 74.0 Å². The highest BCUT2D eigenvalue weighted by Gasteiger charge is 2.32. The molecule has 4 aromatic rings. The monoisotopic (exact) mass is 657 g/mol. The van der Waals surface area contributed by atoms with E-state index in [9.17, 15) is 14.7 Å². The van der Waals surface area contributed by atoms with Crippen molar-refractivity contribution in [1.29, 1.82) is 0 Å². The summed E-state index contributed by atoms with van der Waals surface area (Å²) in [7, 11) is 1.97. The third-order valence-corrected chi connectivity index (χ3v) is 9.24. The Bertz CT molecular complexity index is 1590. The first kappa shape index (κ1) is 34.2. The zero-order valence-electron chi connectivity index (χ0n) is 26.6. The molecule has 2 amide bonds. The van der Waals surface area contributed by atoms with E-state index in [1.165, 1.54) is 0 Å². The number of aliphatic hydroxyl groups excluding tert-OH is 1. The standard InChI is InChI=1S/C36H43N5O5S/c1-41-21-20-38-36(41)47-24-29-22-32(26-14-12-25(23-42)13-15-26)46-35(45-29)27-16-18-28(19-17-27)39-33(43)10-4-2-3-5-11-34(44)40-31-9-7-6-8-30(31)37/h6-9,12-21,29,32,35,42H,2-5,10-11,22-24,37H2,1H3,(H,39,43)(H,40,44). The molecular weight excluding hydrogens is 614 g/mol. The van der Waals surface area contributed by atoms with Crippen LogP contribution < -0.4 is 16.4 Å². The van der Waals surface area contributed by atoms with Gasteiger partial charge in [0.15, 0.2) is 11.4 Å². The van der Waals surface area contributed by atoms with Crippen LogP contribution in [0, 0.1) is 0 Å². The van der Waals surface area contributed by atoms with Crippen molar-refractivity contribution in [3.05, 3.63) is 102 Å². The average molecular weight is 658 g/mol. The zero-order valence-corrected chi connectivity index (χ0v) is 27.5. The summed E-state index contributed by atoms with van der Waals surface area (Å²) in [5.41, 5.74) is 10.5. The molecule has 3 atom stereocenters. The van der Waals surface area contributed by atoms with E-state index in [4.69, 9.17) is 15.2 Å². The zero-order chi connectivity index (χ0) is 33.0. The molecule has 2 heterocycles. The SMILES string of the molecule is Cn1ccnc1SCC1CC(c2ccc(CO)cc2)OC(c2ccc(NC(=O)CCCCCCC(=O)Nc3ccccc3N)cc2)O1. The van der Waals surface area contributed by atoms with Gasteiger partial charge in [-0.1, -0.05) is 73.1 Å². The minimum atomic E-state index is -0.574. The molecule has 0 bridgehead atoms. The van der Waals surface area contributed by atoms with Crippen molar-refractivity contribution < 1.29 is 24.2 Å². The molecule has 1 aliphatic rings. The van der Waals surface area contributed by atoms with Crippen molar-refractivity contribution in [1.82, 2.24) is 9.55 Å². The smallest absolute Gasteiger partial charge is 0.224 e. The summed E-state index contributed by atoms with van der Waals surface area (Å²) >= 11 is 1.65. The maximum Gasteiger partial charge on any atom is 0.224 e. The van der Waals surface area contributed by atoms with Crippen molar-refractivity contribution in [2.24, 2.45) is 7.05 Å². The highest BCUT2D eigenvalue weighted by molar-refractivity contribution is 7.99. The molecule has 10 nitrogen and oxygen atoms in total. The number of rotatable bonds is 15. The lowest BCUT2D eigenvalue weighted by Gasteiger charge is -2.36. The van der Waals surface area contributed by atoms with Crippen LogP contribution in [0.2, 0.25) is 0 Å². The van der Waals surface area contributed by atoms with Gasteiger partial charge in [-0.2, -0.15) is 0 Å². The lowest BCUT2D eigenvalue weighted by molar-refractivity contribution is -0.245. The Balaban J connectivity index is 1.08. The van der Waals surface area contributed by atoms with E-state index < -0.39 is 6.29 Å². The number of aromatic nitrogens is 2. The molecule has 1 aromatic heterocycles. The summed E-state index contributed by atoms with van der Waals surface area (Å²) < 4.78 is 14.9. The molecule has 1 aliphatic heterocycles. The highest BCUT2D eigenvalue weighted by atomic mass is 32.2. The van der Waals surface area contributed by atoms with Crippen LogP contribution in [-0.2, 0) is 32.7 Å². The Hall–Kier alpha value is -4.16. The molecule has 5 N–H and O–H groups in total. The number of amides is 2. The van der Waals surface area contributed by atoms with E-state index in [-0.39, 0.29) is 30.6 Å². The number of imidazole rings is 1. The summed E-state index contributed by atoms with van der Waals surface area (Å²) in [5, 5.41) is 16.2. The molecule has 3 unspecified atom stereocenters. The van der Waals surface area contributed by atoms with Gasteiger partial charge in [-0.05, 0) is 48.2 Å². The first-order valence-corrected chi connectivity index (χ1v) is 17.0. The van der Waals surface area contributed by atoms with Gasteiger partial charge >= 0.3 is 0 Å². The number of hydrogen-bond acceptors (Lipinski definition) is 8. The molecule has 3 aromatic carbocycles. The highest BCUT2D eigenvalue weighted by Crippen LogP contribution is 2.39. The van der Waals surface area contributed by atoms with Gasteiger partial charge < -0.3 is 35.5 Å². The molecule has 5 rings (SSSR count). The van der Waals surface area contributed by atoms with Crippen molar-refractivity contribution in [3.63, 3.8) is 0 Å². The van der Waals surface area contributed by atoms with Gasteiger partial charge in [-0.3, -0.25) is 9.59 Å². The van der Waals surface area contributed by atoms with Crippen molar-refractivity contribution in [3.8, 4) is 0 Å². The fourth-order valence-corrected chi connectivity index (χ4v) is 6.33. The van der Waals surface area contributed by atoms with Gasteiger partial charge in [0, 0.05) is 55.7 Å². The minimum Gasteiger partial charge on any atom is -0.397 e. The molecule has 0 radical (unpaired) electrons. The number of para-hydroxylation sites is 2. The van der Waals surface area contributed by atoms with E-state index in [2.05, 4.69) is 15.6 Å². The average Bonchev–Trinajstić information content (AvgIpc) is 3.51. The second-order valence-corrected chi connectivity index (χ2v) is 12.7. The summed E-state index contributed by atoms with van der Waals surface area (Å²) in [6.45, 7) is -0.00440. The number of benzene rings is 3. The molecule has 1 fully saturated rings. The third-order valence-electron chi connectivity index (χ3n) is 8.05. The largest absolute Gasteiger partial charge is 0.397 e. The third kappa shape index (κ3) is 10.2. The van der Waals surface area contributed by atoms with E-state index >= 15 is 0 Å². The Morgan fingerprint density at radius 1 is 0.915 bits per heavy atom. The number of nitrogen functional groups attached to an aromatic ring is 1. The fraction of sp³-hybridized carbons (Fsp3) is 0.361. The predicted octanol–water partition coefficient (Wildman–Crippen LogP) is 6.75. The molecule has 1 saturated heterocycles. The number of nitrogens with zero attached hydrogens (tertiary/aromatic N) is 2. The van der Waals surface area contributed by atoms with Gasteiger partial charge in [-0.15, -0.1) is 0 Å². The van der Waals surface area contributed by atoms with Crippen molar-refractivity contribution in [2.75, 3.05) is 22.1 Å².